The molecule has 5 aromatic rings. The van der Waals surface area contributed by atoms with E-state index in [2.05, 4.69) is 25.7 Å². The third kappa shape index (κ3) is 4.94. The van der Waals surface area contributed by atoms with Crippen molar-refractivity contribution >= 4 is 23.1 Å². The van der Waals surface area contributed by atoms with Crippen LogP contribution in [0.5, 0.6) is 0 Å². The fraction of sp³-hybridized carbons (Fsp3) is 0.214. The van der Waals surface area contributed by atoms with Crippen molar-refractivity contribution in [1.29, 1.82) is 0 Å². The number of aromatic nitrogens is 4. The molecule has 3 heterocycles. The summed E-state index contributed by atoms with van der Waals surface area (Å²) < 4.78 is 7.24. The van der Waals surface area contributed by atoms with Crippen molar-refractivity contribution in [3.63, 3.8) is 0 Å². The predicted octanol–water partition coefficient (Wildman–Crippen LogP) is 4.99. The SMILES string of the molecule is N[C@H]1CC[C@H](Nc2ccc3ncc(C(=O)Nc4cccc(-c5coc(-c6ccccc6)n5)c4)n3n2)CC1. The van der Waals surface area contributed by atoms with Gasteiger partial charge in [-0.15, -0.1) is 5.10 Å². The van der Waals surface area contributed by atoms with Crippen LogP contribution in [0.25, 0.3) is 28.4 Å². The molecule has 37 heavy (non-hydrogen) atoms. The van der Waals surface area contributed by atoms with Crippen LogP contribution < -0.4 is 16.4 Å². The molecule has 1 saturated carbocycles. The molecule has 3 aromatic heterocycles. The Bertz CT molecular complexity index is 1530. The lowest BCUT2D eigenvalue weighted by atomic mass is 9.92. The summed E-state index contributed by atoms with van der Waals surface area (Å²) in [5.41, 5.74) is 10.0. The minimum absolute atomic E-state index is 0.283. The van der Waals surface area contributed by atoms with Gasteiger partial charge < -0.3 is 20.8 Å². The van der Waals surface area contributed by atoms with Crippen LogP contribution in [0.3, 0.4) is 0 Å². The second-order valence-corrected chi connectivity index (χ2v) is 9.33. The number of nitrogens with two attached hydrogens (primary N) is 1. The first-order chi connectivity index (χ1) is 18.1. The van der Waals surface area contributed by atoms with E-state index in [9.17, 15) is 4.79 Å². The summed E-state index contributed by atoms with van der Waals surface area (Å²) in [4.78, 5) is 22.1. The van der Waals surface area contributed by atoms with Crippen molar-refractivity contribution in [2.75, 3.05) is 10.6 Å². The van der Waals surface area contributed by atoms with Crippen molar-refractivity contribution < 1.29 is 9.21 Å². The van der Waals surface area contributed by atoms with Crippen LogP contribution in [-0.2, 0) is 0 Å². The van der Waals surface area contributed by atoms with E-state index in [0.717, 1.165) is 36.8 Å². The molecule has 1 amide bonds. The van der Waals surface area contributed by atoms with Gasteiger partial charge in [0.15, 0.2) is 11.3 Å². The average molecular weight is 494 g/mol. The molecule has 1 fully saturated rings. The highest BCUT2D eigenvalue weighted by Crippen LogP contribution is 2.27. The van der Waals surface area contributed by atoms with E-state index in [-0.39, 0.29) is 11.9 Å². The van der Waals surface area contributed by atoms with Crippen LogP contribution in [0.1, 0.15) is 36.2 Å². The predicted molar refractivity (Wildman–Crippen MR) is 142 cm³/mol. The van der Waals surface area contributed by atoms with Gasteiger partial charge in [0.1, 0.15) is 17.8 Å². The standard InChI is InChI=1S/C28H27N7O2/c29-20-9-11-21(12-10-20)31-25-13-14-26-30-16-24(35(26)34-25)27(36)32-22-8-4-7-19(15-22)23-17-37-28(33-23)18-5-2-1-3-6-18/h1-8,13-17,20-21H,9-12,29H2,(H,31,34)(H,32,36)/t20-,21-. The number of hydrogen-bond donors (Lipinski definition) is 3. The number of benzene rings is 2. The van der Waals surface area contributed by atoms with Gasteiger partial charge in [-0.1, -0.05) is 30.3 Å². The van der Waals surface area contributed by atoms with Crippen molar-refractivity contribution in [2.24, 2.45) is 5.73 Å². The fourth-order valence-corrected chi connectivity index (χ4v) is 4.65. The molecule has 6 rings (SSSR count). The lowest BCUT2D eigenvalue weighted by Crippen LogP contribution is -2.33. The third-order valence-electron chi connectivity index (χ3n) is 6.66. The van der Waals surface area contributed by atoms with Crippen LogP contribution in [0.15, 0.2) is 83.6 Å². The zero-order valence-corrected chi connectivity index (χ0v) is 20.2. The molecule has 0 unspecified atom stereocenters. The van der Waals surface area contributed by atoms with Gasteiger partial charge in [-0.3, -0.25) is 4.79 Å². The van der Waals surface area contributed by atoms with Gasteiger partial charge >= 0.3 is 0 Å². The number of carbonyl (C=O) groups excluding carboxylic acids is 1. The van der Waals surface area contributed by atoms with Crippen molar-refractivity contribution in [1.82, 2.24) is 19.6 Å². The summed E-state index contributed by atoms with van der Waals surface area (Å²) in [5, 5.41) is 11.1. The number of carbonyl (C=O) groups is 1. The summed E-state index contributed by atoms with van der Waals surface area (Å²) in [5.74, 6) is 0.952. The summed E-state index contributed by atoms with van der Waals surface area (Å²) >= 11 is 0. The van der Waals surface area contributed by atoms with E-state index in [1.165, 1.54) is 6.20 Å². The van der Waals surface area contributed by atoms with Crippen LogP contribution in [-0.4, -0.2) is 37.6 Å². The maximum atomic E-state index is 13.2. The number of nitrogens with one attached hydrogen (secondary N) is 2. The number of oxazole rings is 1. The van der Waals surface area contributed by atoms with Crippen LogP contribution >= 0.6 is 0 Å². The van der Waals surface area contributed by atoms with E-state index in [1.54, 1.807) is 10.8 Å². The average Bonchev–Trinajstić information content (AvgIpc) is 3.59. The highest BCUT2D eigenvalue weighted by Gasteiger charge is 2.20. The highest BCUT2D eigenvalue weighted by molar-refractivity contribution is 6.03. The molecule has 1 aliphatic rings. The molecule has 0 aliphatic heterocycles. The quantitative estimate of drug-likeness (QED) is 0.305. The Morgan fingerprint density at radius 1 is 0.973 bits per heavy atom. The number of rotatable bonds is 6. The summed E-state index contributed by atoms with van der Waals surface area (Å²) in [6.07, 6.45) is 7.17. The maximum absolute atomic E-state index is 13.2. The highest BCUT2D eigenvalue weighted by atomic mass is 16.3. The Labute approximate surface area is 213 Å². The molecule has 186 valence electrons. The minimum atomic E-state index is -0.303. The number of imidazole rings is 1. The van der Waals surface area contributed by atoms with Gasteiger partial charge in [0.25, 0.3) is 5.91 Å². The maximum Gasteiger partial charge on any atom is 0.276 e. The number of nitrogens with zero attached hydrogens (tertiary/aromatic N) is 4. The Hall–Kier alpha value is -4.50. The van der Waals surface area contributed by atoms with E-state index in [4.69, 9.17) is 10.2 Å². The molecule has 2 aromatic carbocycles. The first-order valence-electron chi connectivity index (χ1n) is 12.4. The topological polar surface area (TPSA) is 123 Å². The van der Waals surface area contributed by atoms with Gasteiger partial charge in [0, 0.05) is 28.9 Å². The van der Waals surface area contributed by atoms with Gasteiger partial charge in [0.2, 0.25) is 5.89 Å². The number of amides is 1. The molecule has 4 N–H and O–H groups in total. The van der Waals surface area contributed by atoms with E-state index in [1.807, 2.05) is 66.7 Å². The summed E-state index contributed by atoms with van der Waals surface area (Å²) in [6, 6.07) is 21.6. The van der Waals surface area contributed by atoms with Crippen molar-refractivity contribution in [3.8, 4) is 22.7 Å². The third-order valence-corrected chi connectivity index (χ3v) is 6.66. The van der Waals surface area contributed by atoms with Gasteiger partial charge in [-0.25, -0.2) is 14.5 Å². The Morgan fingerprint density at radius 3 is 2.62 bits per heavy atom. The lowest BCUT2D eigenvalue weighted by Gasteiger charge is -2.27. The van der Waals surface area contributed by atoms with Crippen molar-refractivity contribution in [2.45, 2.75) is 37.8 Å². The van der Waals surface area contributed by atoms with Gasteiger partial charge in [-0.2, -0.15) is 0 Å². The Balaban J connectivity index is 1.19. The zero-order valence-electron chi connectivity index (χ0n) is 20.2. The molecule has 0 atom stereocenters. The second-order valence-electron chi connectivity index (χ2n) is 9.33. The lowest BCUT2D eigenvalue weighted by molar-refractivity contribution is 0.102. The van der Waals surface area contributed by atoms with Gasteiger partial charge in [0.05, 0.1) is 6.20 Å². The molecular weight excluding hydrogens is 466 g/mol. The second kappa shape index (κ2) is 9.87. The van der Waals surface area contributed by atoms with E-state index >= 15 is 0 Å². The van der Waals surface area contributed by atoms with Crippen molar-refractivity contribution in [3.05, 3.63) is 84.9 Å². The molecule has 0 saturated heterocycles. The van der Waals surface area contributed by atoms with E-state index in [0.29, 0.717) is 40.5 Å². The molecule has 9 heteroatoms. The van der Waals surface area contributed by atoms with Gasteiger partial charge in [-0.05, 0) is 62.1 Å². The first kappa shape index (κ1) is 22.9. The summed E-state index contributed by atoms with van der Waals surface area (Å²) in [7, 11) is 0. The normalized spacial score (nSPS) is 17.5. The van der Waals surface area contributed by atoms with Crippen LogP contribution in [0.2, 0.25) is 0 Å². The zero-order chi connectivity index (χ0) is 25.2. The largest absolute Gasteiger partial charge is 0.444 e. The minimum Gasteiger partial charge on any atom is -0.444 e. The summed E-state index contributed by atoms with van der Waals surface area (Å²) in [6.45, 7) is 0. The fourth-order valence-electron chi connectivity index (χ4n) is 4.65. The molecule has 9 nitrogen and oxygen atoms in total. The Kier molecular flexibility index (Phi) is 6.11. The monoisotopic (exact) mass is 493 g/mol. The van der Waals surface area contributed by atoms with Crippen LogP contribution in [0, 0.1) is 0 Å². The smallest absolute Gasteiger partial charge is 0.276 e. The molecule has 0 radical (unpaired) electrons. The Morgan fingerprint density at radius 2 is 1.78 bits per heavy atom. The molecule has 0 spiro atoms. The van der Waals surface area contributed by atoms with Crippen LogP contribution in [0.4, 0.5) is 11.5 Å². The number of anilines is 2. The number of hydrogen-bond acceptors (Lipinski definition) is 7. The molecular formula is C28H27N7O2. The molecule has 1 aliphatic carbocycles. The number of fused-ring (bicyclic) bond motifs is 1. The first-order valence-corrected chi connectivity index (χ1v) is 12.4. The van der Waals surface area contributed by atoms with E-state index < -0.39 is 0 Å². The molecule has 0 bridgehead atoms.